The summed E-state index contributed by atoms with van der Waals surface area (Å²) < 4.78 is 32.4. The summed E-state index contributed by atoms with van der Waals surface area (Å²) >= 11 is 0. The molecule has 0 saturated heterocycles. The first-order chi connectivity index (χ1) is 14.8. The first kappa shape index (κ1) is 24.8. The molecule has 4 nitrogen and oxygen atoms in total. The second kappa shape index (κ2) is 11.8. The molecule has 1 amide bonds. The fourth-order valence-electron chi connectivity index (χ4n) is 4.46. The number of carbonyl (C=O) groups is 1. The highest BCUT2D eigenvalue weighted by molar-refractivity contribution is 5.94. The molecule has 1 atom stereocenters. The predicted molar refractivity (Wildman–Crippen MR) is 120 cm³/mol. The topological polar surface area (TPSA) is 51.2 Å². The average Bonchev–Trinajstić information content (AvgIpc) is 2.76. The van der Waals surface area contributed by atoms with E-state index in [1.165, 1.54) is 13.3 Å². The zero-order valence-electron chi connectivity index (χ0n) is 19.0. The molecule has 1 saturated carbocycles. The Hall–Kier alpha value is -2.50. The van der Waals surface area contributed by atoms with Crippen LogP contribution >= 0.6 is 0 Å². The van der Waals surface area contributed by atoms with Crippen LogP contribution in [0, 0.1) is 11.8 Å². The number of nitrogens with zero attached hydrogens (tertiary/aromatic N) is 1. The number of methoxy groups -OCH3 is 1. The minimum Gasteiger partial charge on any atom is -0.481 e. The highest BCUT2D eigenvalue weighted by atomic mass is 19.3. The lowest BCUT2D eigenvalue weighted by atomic mass is 9.73. The maximum Gasteiger partial charge on any atom is 0.264 e. The Morgan fingerprint density at radius 1 is 1.32 bits per heavy atom. The van der Waals surface area contributed by atoms with Crippen LogP contribution in [0.3, 0.4) is 0 Å². The molecule has 0 spiro atoms. The van der Waals surface area contributed by atoms with E-state index in [0.29, 0.717) is 28.5 Å². The minimum absolute atomic E-state index is 0.0420. The third kappa shape index (κ3) is 6.49. The average molecular weight is 433 g/mol. The molecule has 0 unspecified atom stereocenters. The van der Waals surface area contributed by atoms with E-state index in [1.807, 2.05) is 19.1 Å². The van der Waals surface area contributed by atoms with Crippen LogP contribution in [0.4, 0.5) is 8.78 Å². The Bertz CT molecular complexity index is 807. The summed E-state index contributed by atoms with van der Waals surface area (Å²) in [7, 11) is 1.53. The maximum absolute atomic E-state index is 13.7. The number of allylic oxidation sites excluding steroid dienone is 5. The number of halogens is 2. The van der Waals surface area contributed by atoms with Crippen LogP contribution in [0.5, 0.6) is 5.88 Å². The van der Waals surface area contributed by atoms with Gasteiger partial charge in [0.2, 0.25) is 5.88 Å². The number of amides is 1. The first-order valence-corrected chi connectivity index (χ1v) is 10.9. The Labute approximate surface area is 184 Å². The summed E-state index contributed by atoms with van der Waals surface area (Å²) in [4.78, 5) is 16.7. The molecule has 1 fully saturated rings. The van der Waals surface area contributed by atoms with E-state index in [4.69, 9.17) is 4.74 Å². The van der Waals surface area contributed by atoms with Gasteiger partial charge in [-0.15, -0.1) is 0 Å². The molecular formula is C25H34F2N2O2. The molecule has 1 aromatic heterocycles. The van der Waals surface area contributed by atoms with Gasteiger partial charge in [-0.25, -0.2) is 13.8 Å². The van der Waals surface area contributed by atoms with E-state index >= 15 is 0 Å². The lowest BCUT2D eigenvalue weighted by molar-refractivity contribution is 0.0906. The minimum atomic E-state index is -2.53. The Balaban J connectivity index is 2.07. The van der Waals surface area contributed by atoms with Crippen LogP contribution in [0.2, 0.25) is 0 Å². The van der Waals surface area contributed by atoms with Crippen LogP contribution in [-0.2, 0) is 0 Å². The van der Waals surface area contributed by atoms with Gasteiger partial charge in [-0.2, -0.15) is 0 Å². The van der Waals surface area contributed by atoms with Crippen molar-refractivity contribution in [1.29, 1.82) is 0 Å². The summed E-state index contributed by atoms with van der Waals surface area (Å²) in [6.07, 6.45) is 6.86. The van der Waals surface area contributed by atoms with Crippen LogP contribution in [0.15, 0.2) is 53.8 Å². The van der Waals surface area contributed by atoms with Crippen molar-refractivity contribution in [2.45, 2.75) is 65.3 Å². The highest BCUT2D eigenvalue weighted by Gasteiger charge is 2.31. The van der Waals surface area contributed by atoms with Gasteiger partial charge in [-0.05, 0) is 75.0 Å². The molecule has 0 radical (unpaired) electrons. The molecular weight excluding hydrogens is 398 g/mol. The van der Waals surface area contributed by atoms with E-state index < -0.39 is 6.43 Å². The lowest BCUT2D eigenvalue weighted by Crippen LogP contribution is -2.41. The smallest absolute Gasteiger partial charge is 0.264 e. The van der Waals surface area contributed by atoms with Crippen molar-refractivity contribution >= 4 is 5.91 Å². The van der Waals surface area contributed by atoms with Crippen molar-refractivity contribution < 1.29 is 18.3 Å². The van der Waals surface area contributed by atoms with Crippen molar-refractivity contribution in [1.82, 2.24) is 10.3 Å². The van der Waals surface area contributed by atoms with E-state index in [1.54, 1.807) is 19.1 Å². The Morgan fingerprint density at radius 3 is 2.45 bits per heavy atom. The maximum atomic E-state index is 13.7. The molecule has 170 valence electrons. The molecule has 2 rings (SSSR count). The van der Waals surface area contributed by atoms with E-state index in [9.17, 15) is 13.6 Å². The molecule has 6 heteroatoms. The van der Waals surface area contributed by atoms with Crippen molar-refractivity contribution in [3.05, 3.63) is 59.3 Å². The summed E-state index contributed by atoms with van der Waals surface area (Å²) in [5, 5.41) is 3.14. The van der Waals surface area contributed by atoms with Crippen LogP contribution < -0.4 is 10.1 Å². The SMILES string of the molecule is C=C(C)/C(=C(\C=C/C)C1CCC([C@H](CC)NC(=O)c2ccc(OC)nc2)CC1)C(F)F. The Kier molecular flexibility index (Phi) is 9.41. The number of ether oxygens (including phenoxy) is 1. The fraction of sp³-hybridized carbons (Fsp3) is 0.520. The van der Waals surface area contributed by atoms with Gasteiger partial charge in [-0.1, -0.05) is 25.7 Å². The van der Waals surface area contributed by atoms with E-state index in [-0.39, 0.29) is 23.4 Å². The number of hydrogen-bond donors (Lipinski definition) is 1. The van der Waals surface area contributed by atoms with Gasteiger partial charge in [0, 0.05) is 23.9 Å². The van der Waals surface area contributed by atoms with Crippen molar-refractivity contribution in [3.8, 4) is 5.88 Å². The monoisotopic (exact) mass is 432 g/mol. The molecule has 1 N–H and O–H groups in total. The molecule has 1 aliphatic rings. The van der Waals surface area contributed by atoms with E-state index in [2.05, 4.69) is 23.8 Å². The third-order valence-electron chi connectivity index (χ3n) is 6.08. The van der Waals surface area contributed by atoms with Crippen LogP contribution in [-0.4, -0.2) is 30.5 Å². The second-order valence-corrected chi connectivity index (χ2v) is 8.14. The van der Waals surface area contributed by atoms with Gasteiger partial charge in [0.15, 0.2) is 0 Å². The molecule has 1 aliphatic carbocycles. The van der Waals surface area contributed by atoms with Crippen LogP contribution in [0.25, 0.3) is 0 Å². The van der Waals surface area contributed by atoms with Gasteiger partial charge in [-0.3, -0.25) is 4.79 Å². The molecule has 0 aliphatic heterocycles. The summed E-state index contributed by atoms with van der Waals surface area (Å²) in [5.41, 5.74) is 1.71. The van der Waals surface area contributed by atoms with Crippen molar-refractivity contribution in [2.24, 2.45) is 11.8 Å². The van der Waals surface area contributed by atoms with Gasteiger partial charge >= 0.3 is 0 Å². The third-order valence-corrected chi connectivity index (χ3v) is 6.08. The number of carbonyl (C=O) groups excluding carboxylic acids is 1. The number of pyridine rings is 1. The quantitative estimate of drug-likeness (QED) is 0.478. The second-order valence-electron chi connectivity index (χ2n) is 8.14. The van der Waals surface area contributed by atoms with Crippen molar-refractivity contribution in [2.75, 3.05) is 7.11 Å². The molecule has 31 heavy (non-hydrogen) atoms. The predicted octanol–water partition coefficient (Wildman–Crippen LogP) is 6.12. The summed E-state index contributed by atoms with van der Waals surface area (Å²) in [6, 6.07) is 3.40. The number of aromatic nitrogens is 1. The van der Waals surface area contributed by atoms with Crippen molar-refractivity contribution in [3.63, 3.8) is 0 Å². The normalized spacial score (nSPS) is 21.0. The fourth-order valence-corrected chi connectivity index (χ4v) is 4.46. The molecule has 0 bridgehead atoms. The highest BCUT2D eigenvalue weighted by Crippen LogP contribution is 2.39. The standard InChI is InChI=1S/C25H34F2N2O2/c1-6-8-20(23(16(3)4)24(26)27)17-9-11-18(12-10-17)21(7-2)29-25(30)19-13-14-22(31-5)28-15-19/h6,8,13-15,17-18,21,24H,3,7,9-12H2,1-2,4-5H3,(H,29,30)/b8-6-,23-20-/t17?,18?,21-/m0/s1. The molecule has 1 aromatic rings. The number of rotatable bonds is 9. The number of hydrogen-bond acceptors (Lipinski definition) is 3. The lowest BCUT2D eigenvalue weighted by Gasteiger charge is -2.35. The molecule has 0 aromatic carbocycles. The summed E-state index contributed by atoms with van der Waals surface area (Å²) in [5.74, 6) is 0.723. The zero-order chi connectivity index (χ0) is 23.0. The number of alkyl halides is 2. The summed E-state index contributed by atoms with van der Waals surface area (Å²) in [6.45, 7) is 9.33. The first-order valence-electron chi connectivity index (χ1n) is 10.9. The van der Waals surface area contributed by atoms with Gasteiger partial charge in [0.25, 0.3) is 12.3 Å². The number of nitrogens with one attached hydrogen (secondary N) is 1. The largest absolute Gasteiger partial charge is 0.481 e. The van der Waals surface area contributed by atoms with Crippen LogP contribution in [0.1, 0.15) is 63.2 Å². The van der Waals surface area contributed by atoms with Gasteiger partial charge in [0.1, 0.15) is 0 Å². The van der Waals surface area contributed by atoms with Gasteiger partial charge in [0.05, 0.1) is 12.7 Å². The van der Waals surface area contributed by atoms with Gasteiger partial charge < -0.3 is 10.1 Å². The molecule has 1 heterocycles. The van der Waals surface area contributed by atoms with E-state index in [0.717, 1.165) is 32.1 Å². The zero-order valence-corrected chi connectivity index (χ0v) is 19.0. The Morgan fingerprint density at radius 2 is 2.00 bits per heavy atom.